The molecule has 5 aromatic rings. The average Bonchev–Trinajstić information content (AvgIpc) is 3.29. The molecule has 4 heterocycles. The third kappa shape index (κ3) is 3.42. The molecule has 0 saturated heterocycles. The second-order valence-electron chi connectivity index (χ2n) is 7.96. The maximum atomic E-state index is 13.8. The maximum Gasteiger partial charge on any atom is 0.259 e. The summed E-state index contributed by atoms with van der Waals surface area (Å²) >= 11 is 1.58. The van der Waals surface area contributed by atoms with Crippen LogP contribution in [0.3, 0.4) is 0 Å². The molecule has 0 amide bonds. The molecule has 0 unspecified atom stereocenters. The molecule has 32 heavy (non-hydrogen) atoms. The Morgan fingerprint density at radius 3 is 2.69 bits per heavy atom. The molecule has 1 N–H and O–H groups in total. The van der Waals surface area contributed by atoms with Gasteiger partial charge in [-0.2, -0.15) is 10.2 Å². The van der Waals surface area contributed by atoms with Gasteiger partial charge in [0.1, 0.15) is 5.52 Å². The molecule has 7 nitrogen and oxygen atoms in total. The summed E-state index contributed by atoms with van der Waals surface area (Å²) in [5, 5.41) is 12.9. The number of aromatic nitrogens is 5. The molecule has 0 radical (unpaired) electrons. The first kappa shape index (κ1) is 20.3. The molecule has 0 spiro atoms. The summed E-state index contributed by atoms with van der Waals surface area (Å²) in [4.78, 5) is 22.7. The van der Waals surface area contributed by atoms with Gasteiger partial charge in [-0.15, -0.1) is 11.3 Å². The van der Waals surface area contributed by atoms with E-state index in [0.29, 0.717) is 5.39 Å². The van der Waals surface area contributed by atoms with Crippen molar-refractivity contribution >= 4 is 38.1 Å². The molecule has 0 aliphatic carbocycles. The van der Waals surface area contributed by atoms with E-state index in [-0.39, 0.29) is 17.6 Å². The van der Waals surface area contributed by atoms with Gasteiger partial charge in [-0.1, -0.05) is 18.2 Å². The third-order valence-corrected chi connectivity index (χ3v) is 6.36. The lowest BCUT2D eigenvalue weighted by molar-refractivity contribution is 0.541. The van der Waals surface area contributed by atoms with E-state index in [4.69, 9.17) is 0 Å². The first-order valence-corrected chi connectivity index (χ1v) is 11.3. The Balaban J connectivity index is 1.67. The lowest BCUT2D eigenvalue weighted by Gasteiger charge is -2.24. The van der Waals surface area contributed by atoms with Crippen LogP contribution < -0.4 is 10.9 Å². The Hall–Kier alpha value is -3.65. The van der Waals surface area contributed by atoms with Crippen molar-refractivity contribution in [2.75, 3.05) is 5.32 Å². The number of rotatable bonds is 5. The van der Waals surface area contributed by atoms with Crippen LogP contribution in [-0.4, -0.2) is 24.7 Å². The van der Waals surface area contributed by atoms with Gasteiger partial charge in [0.15, 0.2) is 5.82 Å². The van der Waals surface area contributed by atoms with Gasteiger partial charge in [-0.25, -0.2) is 9.97 Å². The number of nitrogens with one attached hydrogen (secondary N) is 1. The van der Waals surface area contributed by atoms with Crippen LogP contribution in [-0.2, 0) is 0 Å². The highest BCUT2D eigenvalue weighted by atomic mass is 32.1. The van der Waals surface area contributed by atoms with Crippen molar-refractivity contribution in [3.05, 3.63) is 76.5 Å². The standard InChI is InChI=1S/C24H22N6OS/c1-14(2)30-19(15(3)29-23-22-20(8-9-25-23)32-13-26-22)11-16-5-4-6-18(21(16)24(30)31)17-7-10-27-28-12-17/h4-15H,1-3H3,(H,25,29)/t15-/m0/s1. The van der Waals surface area contributed by atoms with Crippen molar-refractivity contribution in [2.24, 2.45) is 0 Å². The Kier molecular flexibility index (Phi) is 5.14. The van der Waals surface area contributed by atoms with Crippen LogP contribution in [0.4, 0.5) is 5.82 Å². The largest absolute Gasteiger partial charge is 0.360 e. The van der Waals surface area contributed by atoms with Gasteiger partial charge in [-0.05, 0) is 49.9 Å². The summed E-state index contributed by atoms with van der Waals surface area (Å²) in [7, 11) is 0. The van der Waals surface area contributed by atoms with Gasteiger partial charge in [0.2, 0.25) is 0 Å². The second kappa shape index (κ2) is 8.12. The Morgan fingerprint density at radius 2 is 1.91 bits per heavy atom. The zero-order chi connectivity index (χ0) is 22.2. The predicted octanol–water partition coefficient (Wildman–Crippen LogP) is 5.22. The van der Waals surface area contributed by atoms with E-state index >= 15 is 0 Å². The quantitative estimate of drug-likeness (QED) is 0.402. The van der Waals surface area contributed by atoms with Gasteiger partial charge >= 0.3 is 0 Å². The molecule has 5 rings (SSSR count). The molecular formula is C24H22N6OS. The summed E-state index contributed by atoms with van der Waals surface area (Å²) in [6, 6.07) is 11.7. The van der Waals surface area contributed by atoms with Crippen molar-refractivity contribution in [1.29, 1.82) is 0 Å². The topological polar surface area (TPSA) is 85.6 Å². The Labute approximate surface area is 188 Å². The highest BCUT2D eigenvalue weighted by Gasteiger charge is 2.20. The number of hydrogen-bond acceptors (Lipinski definition) is 7. The van der Waals surface area contributed by atoms with E-state index in [9.17, 15) is 4.79 Å². The van der Waals surface area contributed by atoms with Gasteiger partial charge in [-0.3, -0.25) is 4.79 Å². The zero-order valence-corrected chi connectivity index (χ0v) is 18.8. The monoisotopic (exact) mass is 442 g/mol. The fourth-order valence-electron chi connectivity index (χ4n) is 4.13. The average molecular weight is 443 g/mol. The van der Waals surface area contributed by atoms with Crippen molar-refractivity contribution < 1.29 is 0 Å². The number of fused-ring (bicyclic) bond motifs is 2. The molecule has 8 heteroatoms. The minimum atomic E-state index is -0.152. The minimum Gasteiger partial charge on any atom is -0.360 e. The molecule has 4 aromatic heterocycles. The van der Waals surface area contributed by atoms with Crippen LogP contribution in [0.5, 0.6) is 0 Å². The van der Waals surface area contributed by atoms with Gasteiger partial charge in [0.05, 0.1) is 34.0 Å². The van der Waals surface area contributed by atoms with Crippen LogP contribution in [0.25, 0.3) is 32.1 Å². The molecule has 0 bridgehead atoms. The first-order valence-electron chi connectivity index (χ1n) is 10.4. The van der Waals surface area contributed by atoms with Gasteiger partial charge < -0.3 is 9.88 Å². The summed E-state index contributed by atoms with van der Waals surface area (Å²) in [5.74, 6) is 0.718. The van der Waals surface area contributed by atoms with Crippen LogP contribution in [0.2, 0.25) is 0 Å². The highest BCUT2D eigenvalue weighted by molar-refractivity contribution is 7.16. The SMILES string of the molecule is CC(C)n1c([C@H](C)Nc2nccc3scnc23)cc2cccc(-c3ccnnc3)c2c1=O. The second-order valence-corrected chi connectivity index (χ2v) is 8.85. The van der Waals surface area contributed by atoms with Crippen LogP contribution in [0, 0.1) is 0 Å². The van der Waals surface area contributed by atoms with E-state index in [1.54, 1.807) is 29.9 Å². The number of pyridine rings is 2. The maximum absolute atomic E-state index is 13.8. The van der Waals surface area contributed by atoms with Crippen molar-refractivity contribution in [3.8, 4) is 11.1 Å². The number of anilines is 1. The lowest BCUT2D eigenvalue weighted by atomic mass is 9.99. The normalized spacial score (nSPS) is 12.5. The molecule has 1 aromatic carbocycles. The minimum absolute atomic E-state index is 0.0159. The molecule has 0 aliphatic rings. The summed E-state index contributed by atoms with van der Waals surface area (Å²) in [6.07, 6.45) is 5.11. The zero-order valence-electron chi connectivity index (χ0n) is 18.0. The van der Waals surface area contributed by atoms with E-state index in [2.05, 4.69) is 31.5 Å². The van der Waals surface area contributed by atoms with Crippen molar-refractivity contribution in [1.82, 2.24) is 24.7 Å². The molecule has 0 saturated carbocycles. The Morgan fingerprint density at radius 1 is 1.03 bits per heavy atom. The third-order valence-electron chi connectivity index (χ3n) is 5.57. The number of thiazole rings is 1. The molecule has 1 atom stereocenters. The van der Waals surface area contributed by atoms with E-state index in [1.807, 2.05) is 61.2 Å². The molecule has 160 valence electrons. The smallest absolute Gasteiger partial charge is 0.259 e. The van der Waals surface area contributed by atoms with E-state index in [0.717, 1.165) is 38.2 Å². The Bertz CT molecular complexity index is 1470. The van der Waals surface area contributed by atoms with Crippen LogP contribution >= 0.6 is 11.3 Å². The van der Waals surface area contributed by atoms with E-state index in [1.165, 1.54) is 0 Å². The number of hydrogen-bond donors (Lipinski definition) is 1. The van der Waals surface area contributed by atoms with Crippen molar-refractivity contribution in [3.63, 3.8) is 0 Å². The highest BCUT2D eigenvalue weighted by Crippen LogP contribution is 2.30. The summed E-state index contributed by atoms with van der Waals surface area (Å²) in [5.41, 5.74) is 5.27. The molecule has 0 fully saturated rings. The summed E-state index contributed by atoms with van der Waals surface area (Å²) in [6.45, 7) is 6.10. The number of benzene rings is 1. The first-order chi connectivity index (χ1) is 15.5. The fraction of sp³-hybridized carbons (Fsp3) is 0.208. The molecule has 0 aliphatic heterocycles. The predicted molar refractivity (Wildman–Crippen MR) is 129 cm³/mol. The van der Waals surface area contributed by atoms with E-state index < -0.39 is 0 Å². The van der Waals surface area contributed by atoms with Crippen molar-refractivity contribution in [2.45, 2.75) is 32.9 Å². The molecular weight excluding hydrogens is 420 g/mol. The van der Waals surface area contributed by atoms with Crippen LogP contribution in [0.15, 0.2) is 65.3 Å². The summed E-state index contributed by atoms with van der Waals surface area (Å²) < 4.78 is 2.93. The van der Waals surface area contributed by atoms with Gasteiger partial charge in [0, 0.05) is 23.5 Å². The number of nitrogens with zero attached hydrogens (tertiary/aromatic N) is 5. The fourth-order valence-corrected chi connectivity index (χ4v) is 4.80. The van der Waals surface area contributed by atoms with Gasteiger partial charge in [0.25, 0.3) is 5.56 Å². The lowest BCUT2D eigenvalue weighted by Crippen LogP contribution is -2.28. The van der Waals surface area contributed by atoms with Crippen LogP contribution in [0.1, 0.15) is 38.5 Å².